The SMILES string of the molecule is CCCCCCCCCc1ccc(OP(F)Oc2ccc(CCCCCCCCC)cc2CCCCCCCCC)c(CCCCCCCCC)c1. The first-order valence-corrected chi connectivity index (χ1v) is 23.7. The molecule has 0 aliphatic heterocycles. The monoisotopic (exact) mass is 741 g/mol. The molecule has 0 saturated heterocycles. The predicted octanol–water partition coefficient (Wildman–Crippen LogP) is 17.5. The number of benzene rings is 2. The van der Waals surface area contributed by atoms with Gasteiger partial charge in [-0.25, -0.2) is 0 Å². The second-order valence-corrected chi connectivity index (χ2v) is 16.6. The molecule has 4 heteroatoms. The average molecular weight is 741 g/mol. The van der Waals surface area contributed by atoms with E-state index in [0.29, 0.717) is 11.5 Å². The van der Waals surface area contributed by atoms with Crippen molar-refractivity contribution in [1.82, 2.24) is 0 Å². The van der Waals surface area contributed by atoms with Gasteiger partial charge in [0.2, 0.25) is 0 Å². The molecule has 0 radical (unpaired) electrons. The fourth-order valence-corrected chi connectivity index (χ4v) is 8.14. The van der Waals surface area contributed by atoms with Crippen molar-refractivity contribution < 1.29 is 13.2 Å². The minimum Gasteiger partial charge on any atom is -0.414 e. The normalized spacial score (nSPS) is 11.5. The fraction of sp³-hybridized carbons (Fsp3) is 0.750. The Hall–Kier alpha value is -1.60. The molecule has 0 unspecified atom stereocenters. The maximum Gasteiger partial charge on any atom is 0.505 e. The van der Waals surface area contributed by atoms with Crippen molar-refractivity contribution in [2.24, 2.45) is 0 Å². The minimum atomic E-state index is -2.58. The van der Waals surface area contributed by atoms with Gasteiger partial charge in [0.25, 0.3) is 0 Å². The summed E-state index contributed by atoms with van der Waals surface area (Å²) in [5.41, 5.74) is 5.01. The highest BCUT2D eigenvalue weighted by Gasteiger charge is 2.19. The minimum absolute atomic E-state index is 0.673. The van der Waals surface area contributed by atoms with Gasteiger partial charge in [-0.2, -0.15) is 0 Å². The highest BCUT2D eigenvalue weighted by atomic mass is 31.2. The van der Waals surface area contributed by atoms with Crippen molar-refractivity contribution in [2.45, 2.75) is 233 Å². The van der Waals surface area contributed by atoms with Gasteiger partial charge in [0.05, 0.1) is 0 Å². The summed E-state index contributed by atoms with van der Waals surface area (Å²) in [6.07, 6.45) is 40.3. The summed E-state index contributed by atoms with van der Waals surface area (Å²) in [7, 11) is -2.58. The first kappa shape index (κ1) is 46.6. The summed E-state index contributed by atoms with van der Waals surface area (Å²) in [6.45, 7) is 9.10. The van der Waals surface area contributed by atoms with E-state index >= 15 is 4.20 Å². The number of rotatable bonds is 36. The molecule has 2 aromatic rings. The molecule has 298 valence electrons. The lowest BCUT2D eigenvalue weighted by molar-refractivity contribution is 0.432. The van der Waals surface area contributed by atoms with Crippen molar-refractivity contribution >= 4 is 8.69 Å². The molecule has 0 fully saturated rings. The highest BCUT2D eigenvalue weighted by Crippen LogP contribution is 2.44. The van der Waals surface area contributed by atoms with Gasteiger partial charge in [0.15, 0.2) is 0 Å². The third-order valence-electron chi connectivity index (χ3n) is 10.8. The Morgan fingerprint density at radius 1 is 0.365 bits per heavy atom. The van der Waals surface area contributed by atoms with Gasteiger partial charge in [-0.3, -0.25) is 0 Å². The van der Waals surface area contributed by atoms with Crippen LogP contribution in [0.5, 0.6) is 11.5 Å². The molecule has 52 heavy (non-hydrogen) atoms. The van der Waals surface area contributed by atoms with Gasteiger partial charge < -0.3 is 9.05 Å². The Bertz CT molecular complexity index is 1020. The van der Waals surface area contributed by atoms with Gasteiger partial charge in [-0.05, 0) is 85.8 Å². The summed E-state index contributed by atoms with van der Waals surface area (Å²) in [5.74, 6) is 1.35. The zero-order chi connectivity index (χ0) is 37.3. The van der Waals surface area contributed by atoms with Crippen molar-refractivity contribution in [3.8, 4) is 11.5 Å². The lowest BCUT2D eigenvalue weighted by Crippen LogP contribution is -2.00. The van der Waals surface area contributed by atoms with Gasteiger partial charge in [-0.15, -0.1) is 4.20 Å². The van der Waals surface area contributed by atoms with Crippen LogP contribution in [-0.4, -0.2) is 0 Å². The van der Waals surface area contributed by atoms with E-state index < -0.39 is 8.69 Å². The molecular formula is C48H82FO2P. The summed E-state index contributed by atoms with van der Waals surface area (Å²) < 4.78 is 27.9. The molecule has 2 rings (SSSR count). The Kier molecular flexibility index (Phi) is 29.4. The third-order valence-corrected chi connectivity index (χ3v) is 11.5. The Morgan fingerprint density at radius 2 is 0.635 bits per heavy atom. The lowest BCUT2D eigenvalue weighted by Gasteiger charge is -2.17. The van der Waals surface area contributed by atoms with Crippen LogP contribution < -0.4 is 9.05 Å². The van der Waals surface area contributed by atoms with Crippen LogP contribution in [0.25, 0.3) is 0 Å². The van der Waals surface area contributed by atoms with E-state index in [1.54, 1.807) is 0 Å². The molecule has 0 aliphatic rings. The molecule has 0 spiro atoms. The molecule has 0 amide bonds. The Labute approximate surface area is 324 Å². The fourth-order valence-electron chi connectivity index (χ4n) is 7.44. The quantitative estimate of drug-likeness (QED) is 0.0512. The van der Waals surface area contributed by atoms with E-state index in [4.69, 9.17) is 9.05 Å². The Balaban J connectivity index is 2.05. The Morgan fingerprint density at radius 3 is 0.942 bits per heavy atom. The van der Waals surface area contributed by atoms with E-state index in [1.165, 1.54) is 178 Å². The van der Waals surface area contributed by atoms with Gasteiger partial charge in [0.1, 0.15) is 11.5 Å². The van der Waals surface area contributed by atoms with Crippen LogP contribution in [0.15, 0.2) is 36.4 Å². The molecule has 2 nitrogen and oxygen atoms in total. The number of hydrogen-bond donors (Lipinski definition) is 0. The van der Waals surface area contributed by atoms with Gasteiger partial charge in [-0.1, -0.05) is 206 Å². The molecule has 0 atom stereocenters. The molecule has 0 saturated carbocycles. The summed E-state index contributed by atoms with van der Waals surface area (Å²) in [5, 5.41) is 0. The zero-order valence-electron chi connectivity index (χ0n) is 34.7. The highest BCUT2D eigenvalue weighted by molar-refractivity contribution is 7.42. The van der Waals surface area contributed by atoms with Gasteiger partial charge >= 0.3 is 8.69 Å². The number of aryl methyl sites for hydroxylation is 4. The molecule has 0 aliphatic carbocycles. The molecule has 0 heterocycles. The summed E-state index contributed by atoms with van der Waals surface area (Å²) >= 11 is 0. The number of hydrogen-bond acceptors (Lipinski definition) is 2. The molecule has 2 aromatic carbocycles. The predicted molar refractivity (Wildman–Crippen MR) is 229 cm³/mol. The van der Waals surface area contributed by atoms with Crippen molar-refractivity contribution in [3.63, 3.8) is 0 Å². The van der Waals surface area contributed by atoms with E-state index in [9.17, 15) is 0 Å². The summed E-state index contributed by atoms with van der Waals surface area (Å²) in [6, 6.07) is 13.0. The molecule has 0 aromatic heterocycles. The van der Waals surface area contributed by atoms with Crippen LogP contribution in [0, 0.1) is 0 Å². The van der Waals surface area contributed by atoms with E-state index in [2.05, 4.69) is 52.0 Å². The second-order valence-electron chi connectivity index (χ2n) is 15.8. The van der Waals surface area contributed by atoms with Crippen LogP contribution in [0.4, 0.5) is 4.20 Å². The van der Waals surface area contributed by atoms with Crippen LogP contribution in [-0.2, 0) is 25.7 Å². The van der Waals surface area contributed by atoms with Crippen LogP contribution in [0.2, 0.25) is 0 Å². The molecule has 0 bridgehead atoms. The van der Waals surface area contributed by atoms with Gasteiger partial charge in [0, 0.05) is 0 Å². The van der Waals surface area contributed by atoms with Crippen LogP contribution in [0.3, 0.4) is 0 Å². The number of halogens is 1. The van der Waals surface area contributed by atoms with Crippen LogP contribution >= 0.6 is 8.69 Å². The first-order valence-electron chi connectivity index (χ1n) is 22.7. The molecular weight excluding hydrogens is 658 g/mol. The topological polar surface area (TPSA) is 18.5 Å². The van der Waals surface area contributed by atoms with Crippen molar-refractivity contribution in [2.75, 3.05) is 0 Å². The van der Waals surface area contributed by atoms with Crippen molar-refractivity contribution in [3.05, 3.63) is 58.7 Å². The standard InChI is InChI=1S/C48H82FO2P/c1-5-9-13-17-21-25-29-33-43-37-39-47(45(41-43)35-31-27-23-19-15-11-7-3)50-52(49)51-48-40-38-44(34-30-26-22-18-14-10-6-2)42-46(48)36-32-28-24-20-16-12-8-4/h37-42H,5-36H2,1-4H3. The second kappa shape index (κ2) is 32.8. The van der Waals surface area contributed by atoms with E-state index in [1.807, 2.05) is 12.1 Å². The average Bonchev–Trinajstić information content (AvgIpc) is 3.15. The maximum atomic E-state index is 15.8. The third kappa shape index (κ3) is 23.2. The zero-order valence-corrected chi connectivity index (χ0v) is 35.6. The number of unbranched alkanes of at least 4 members (excludes halogenated alkanes) is 24. The van der Waals surface area contributed by atoms with Crippen molar-refractivity contribution in [1.29, 1.82) is 0 Å². The first-order chi connectivity index (χ1) is 25.6. The molecule has 0 N–H and O–H groups in total. The smallest absolute Gasteiger partial charge is 0.414 e. The lowest BCUT2D eigenvalue weighted by atomic mass is 9.99. The summed E-state index contributed by atoms with van der Waals surface area (Å²) in [4.78, 5) is 0. The van der Waals surface area contributed by atoms with E-state index in [0.717, 1.165) is 49.7 Å². The van der Waals surface area contributed by atoms with Crippen LogP contribution in [0.1, 0.15) is 230 Å². The largest absolute Gasteiger partial charge is 0.505 e. The van der Waals surface area contributed by atoms with E-state index in [-0.39, 0.29) is 0 Å². The maximum absolute atomic E-state index is 15.8.